The van der Waals surface area contributed by atoms with E-state index in [0.29, 0.717) is 12.2 Å². The van der Waals surface area contributed by atoms with Gasteiger partial charge in [0.05, 0.1) is 5.69 Å². The zero-order valence-electron chi connectivity index (χ0n) is 12.9. The lowest BCUT2D eigenvalue weighted by Gasteiger charge is -2.35. The summed E-state index contributed by atoms with van der Waals surface area (Å²) < 4.78 is 27.2. The van der Waals surface area contributed by atoms with Crippen LogP contribution in [0.1, 0.15) is 19.8 Å². The molecule has 6 nitrogen and oxygen atoms in total. The molecule has 1 saturated heterocycles. The van der Waals surface area contributed by atoms with E-state index in [-0.39, 0.29) is 10.9 Å². The summed E-state index contributed by atoms with van der Waals surface area (Å²) in [6.07, 6.45) is 4.95. The summed E-state index contributed by atoms with van der Waals surface area (Å²) in [6.45, 7) is 4.41. The van der Waals surface area contributed by atoms with Crippen LogP contribution in [0.4, 0.5) is 5.69 Å². The molecule has 2 rings (SSSR count). The van der Waals surface area contributed by atoms with Gasteiger partial charge < -0.3 is 10.2 Å². The first kappa shape index (κ1) is 16.2. The molecule has 2 heterocycles. The highest BCUT2D eigenvalue weighted by Crippen LogP contribution is 2.26. The molecule has 118 valence electrons. The van der Waals surface area contributed by atoms with Gasteiger partial charge in [-0.3, -0.25) is 4.98 Å². The molecule has 1 aromatic heterocycles. The number of piperidine rings is 1. The predicted octanol–water partition coefficient (Wildman–Crippen LogP) is 1.23. The molecule has 1 atom stereocenters. The van der Waals surface area contributed by atoms with Gasteiger partial charge in [0.1, 0.15) is 4.90 Å². The standard InChI is InChI=1S/C14H24N4O2S/c1-4-16-13-7-8-15-10-14(13)21(19,20)18(3)12-6-5-9-17(2)11-12/h7-8,10,12H,4-6,9,11H2,1-3H3,(H,15,16). The normalized spacial score (nSPS) is 20.7. The predicted molar refractivity (Wildman–Crippen MR) is 83.9 cm³/mol. The average Bonchev–Trinajstić information content (AvgIpc) is 2.47. The first-order chi connectivity index (χ1) is 9.96. The number of hydrogen-bond acceptors (Lipinski definition) is 5. The van der Waals surface area contributed by atoms with Crippen molar-refractivity contribution in [2.45, 2.75) is 30.7 Å². The number of rotatable bonds is 5. The van der Waals surface area contributed by atoms with Crippen molar-refractivity contribution in [3.63, 3.8) is 0 Å². The number of pyridine rings is 1. The summed E-state index contributed by atoms with van der Waals surface area (Å²) in [5, 5.41) is 3.09. The first-order valence-corrected chi connectivity index (χ1v) is 8.75. The second-order valence-corrected chi connectivity index (χ2v) is 7.45. The fourth-order valence-corrected chi connectivity index (χ4v) is 4.20. The van der Waals surface area contributed by atoms with Crippen molar-refractivity contribution in [2.75, 3.05) is 39.0 Å². The van der Waals surface area contributed by atoms with Crippen molar-refractivity contribution in [3.05, 3.63) is 18.5 Å². The van der Waals surface area contributed by atoms with E-state index in [1.807, 2.05) is 14.0 Å². The minimum Gasteiger partial charge on any atom is -0.384 e. The molecular weight excluding hydrogens is 288 g/mol. The quantitative estimate of drug-likeness (QED) is 0.886. The van der Waals surface area contributed by atoms with Crippen LogP contribution in [0.5, 0.6) is 0 Å². The molecular formula is C14H24N4O2S. The Morgan fingerprint density at radius 3 is 2.95 bits per heavy atom. The fraction of sp³-hybridized carbons (Fsp3) is 0.643. The number of anilines is 1. The van der Waals surface area contributed by atoms with E-state index in [1.54, 1.807) is 19.3 Å². The zero-order chi connectivity index (χ0) is 15.5. The number of nitrogens with one attached hydrogen (secondary N) is 1. The van der Waals surface area contributed by atoms with Crippen LogP contribution in [-0.2, 0) is 10.0 Å². The Hall–Kier alpha value is -1.18. The van der Waals surface area contributed by atoms with Crippen molar-refractivity contribution < 1.29 is 8.42 Å². The summed E-state index contributed by atoms with van der Waals surface area (Å²) in [6, 6.07) is 1.72. The maximum atomic E-state index is 12.9. The molecule has 0 saturated carbocycles. The molecule has 7 heteroatoms. The van der Waals surface area contributed by atoms with Gasteiger partial charge in [0, 0.05) is 38.6 Å². The molecule has 1 unspecified atom stereocenters. The lowest BCUT2D eigenvalue weighted by Crippen LogP contribution is -2.47. The molecule has 21 heavy (non-hydrogen) atoms. The fourth-order valence-electron chi connectivity index (χ4n) is 2.71. The third-order valence-electron chi connectivity index (χ3n) is 3.92. The molecule has 0 aromatic carbocycles. The van der Waals surface area contributed by atoms with Crippen LogP contribution >= 0.6 is 0 Å². The van der Waals surface area contributed by atoms with Gasteiger partial charge in [0.25, 0.3) is 0 Å². The van der Waals surface area contributed by atoms with Gasteiger partial charge in [-0.15, -0.1) is 0 Å². The van der Waals surface area contributed by atoms with Crippen LogP contribution in [0, 0.1) is 0 Å². The van der Waals surface area contributed by atoms with Crippen LogP contribution in [0.2, 0.25) is 0 Å². The van der Waals surface area contributed by atoms with Crippen LogP contribution in [-0.4, -0.2) is 62.4 Å². The van der Waals surface area contributed by atoms with Gasteiger partial charge >= 0.3 is 0 Å². The molecule has 1 aliphatic heterocycles. The van der Waals surface area contributed by atoms with E-state index in [1.165, 1.54) is 10.5 Å². The van der Waals surface area contributed by atoms with Gasteiger partial charge in [-0.25, -0.2) is 8.42 Å². The van der Waals surface area contributed by atoms with E-state index < -0.39 is 10.0 Å². The van der Waals surface area contributed by atoms with Crippen LogP contribution in [0.3, 0.4) is 0 Å². The molecule has 1 aliphatic rings. The van der Waals surface area contributed by atoms with E-state index in [2.05, 4.69) is 15.2 Å². The van der Waals surface area contributed by atoms with Crippen LogP contribution in [0.25, 0.3) is 0 Å². The summed E-state index contributed by atoms with van der Waals surface area (Å²) in [5.41, 5.74) is 0.614. The highest BCUT2D eigenvalue weighted by Gasteiger charge is 2.32. The van der Waals surface area contributed by atoms with Crippen molar-refractivity contribution in [2.24, 2.45) is 0 Å². The van der Waals surface area contributed by atoms with Gasteiger partial charge in [-0.2, -0.15) is 4.31 Å². The molecule has 0 bridgehead atoms. The Kier molecular flexibility index (Phi) is 5.18. The molecule has 0 aliphatic carbocycles. The highest BCUT2D eigenvalue weighted by molar-refractivity contribution is 7.89. The Morgan fingerprint density at radius 2 is 2.29 bits per heavy atom. The van der Waals surface area contributed by atoms with E-state index in [9.17, 15) is 8.42 Å². The molecule has 0 radical (unpaired) electrons. The smallest absolute Gasteiger partial charge is 0.246 e. The SMILES string of the molecule is CCNc1ccncc1S(=O)(=O)N(C)C1CCCN(C)C1. The Labute approximate surface area is 127 Å². The van der Waals surface area contributed by atoms with Crippen LogP contribution < -0.4 is 5.32 Å². The van der Waals surface area contributed by atoms with Gasteiger partial charge in [-0.1, -0.05) is 0 Å². The van der Waals surface area contributed by atoms with Crippen molar-refractivity contribution in [1.29, 1.82) is 0 Å². The molecule has 0 spiro atoms. The minimum absolute atomic E-state index is 0.0171. The lowest BCUT2D eigenvalue weighted by atomic mass is 10.1. The molecule has 1 N–H and O–H groups in total. The van der Waals surface area contributed by atoms with Gasteiger partial charge in [0.2, 0.25) is 10.0 Å². The van der Waals surface area contributed by atoms with Gasteiger partial charge in [0.15, 0.2) is 0 Å². The second kappa shape index (κ2) is 6.72. The number of nitrogens with zero attached hydrogens (tertiary/aromatic N) is 3. The van der Waals surface area contributed by atoms with E-state index in [0.717, 1.165) is 25.9 Å². The monoisotopic (exact) mass is 312 g/mol. The first-order valence-electron chi connectivity index (χ1n) is 7.31. The number of likely N-dealkylation sites (N-methyl/N-ethyl adjacent to an activating group) is 2. The molecule has 1 fully saturated rings. The largest absolute Gasteiger partial charge is 0.384 e. The maximum absolute atomic E-state index is 12.9. The summed E-state index contributed by atoms with van der Waals surface area (Å²) in [5.74, 6) is 0. The Bertz CT molecular complexity index is 576. The third kappa shape index (κ3) is 3.53. The topological polar surface area (TPSA) is 65.5 Å². The van der Waals surface area contributed by atoms with Crippen molar-refractivity contribution in [3.8, 4) is 0 Å². The lowest BCUT2D eigenvalue weighted by molar-refractivity contribution is 0.187. The molecule has 1 aromatic rings. The van der Waals surface area contributed by atoms with Gasteiger partial charge in [-0.05, 0) is 39.4 Å². The summed E-state index contributed by atoms with van der Waals surface area (Å²) in [7, 11) is 0.164. The third-order valence-corrected chi connectivity index (χ3v) is 5.86. The summed E-state index contributed by atoms with van der Waals surface area (Å²) in [4.78, 5) is 6.41. The highest BCUT2D eigenvalue weighted by atomic mass is 32.2. The Balaban J connectivity index is 2.28. The van der Waals surface area contributed by atoms with Crippen molar-refractivity contribution >= 4 is 15.7 Å². The number of hydrogen-bond donors (Lipinski definition) is 1. The second-order valence-electron chi connectivity index (χ2n) is 5.48. The molecule has 0 amide bonds. The Morgan fingerprint density at radius 1 is 1.52 bits per heavy atom. The van der Waals surface area contributed by atoms with Crippen molar-refractivity contribution in [1.82, 2.24) is 14.2 Å². The van der Waals surface area contributed by atoms with E-state index in [4.69, 9.17) is 0 Å². The zero-order valence-corrected chi connectivity index (χ0v) is 13.7. The number of sulfonamides is 1. The minimum atomic E-state index is -3.53. The summed E-state index contributed by atoms with van der Waals surface area (Å²) >= 11 is 0. The number of aromatic nitrogens is 1. The number of likely N-dealkylation sites (tertiary alicyclic amines) is 1. The van der Waals surface area contributed by atoms with Crippen LogP contribution in [0.15, 0.2) is 23.4 Å². The van der Waals surface area contributed by atoms with E-state index >= 15 is 0 Å². The average molecular weight is 312 g/mol. The maximum Gasteiger partial charge on any atom is 0.246 e.